The zero-order chi connectivity index (χ0) is 98.4. The molecule has 2 aromatic rings. The van der Waals surface area contributed by atoms with Crippen LogP contribution in [-0.4, -0.2) is 75.8 Å². The van der Waals surface area contributed by atoms with Gasteiger partial charge in [0, 0.05) is 91.5 Å². The molecule has 0 aliphatic heterocycles. The average Bonchev–Trinajstić information content (AvgIpc) is 0.689. The molecule has 0 aliphatic rings. The molecule has 0 saturated carbocycles. The number of carbonyl (C=O) groups excluding carboxylic acids is 4. The van der Waals surface area contributed by atoms with Gasteiger partial charge in [-0.05, 0) is 47.9 Å². The molecule has 2 aromatic carbocycles. The minimum absolute atomic E-state index is 0. The number of aliphatic hydroxyl groups excluding tert-OH is 1. The molecule has 0 unspecified atom stereocenters. The van der Waals surface area contributed by atoms with Crippen molar-refractivity contribution >= 4 is 36.3 Å². The van der Waals surface area contributed by atoms with Crippen molar-refractivity contribution in [2.75, 3.05) is 6.61 Å². The Labute approximate surface area is 500 Å². The third-order valence-electron chi connectivity index (χ3n) is 5.42. The minimum Gasteiger partial charge on any atom is -0.512 e. The summed E-state index contributed by atoms with van der Waals surface area (Å²) in [7, 11) is 0. The van der Waals surface area contributed by atoms with Crippen LogP contribution in [0.5, 0.6) is 0 Å². The Morgan fingerprint density at radius 3 is 1.25 bits per heavy atom. The molecule has 17 nitrogen and oxygen atoms in total. The van der Waals surface area contributed by atoms with Gasteiger partial charge in [-0.25, -0.2) is 0 Å². The maximum absolute atomic E-state index is 11.9. The Morgan fingerprint density at radius 2 is 1.07 bits per heavy atom. The van der Waals surface area contributed by atoms with Crippen molar-refractivity contribution < 1.29 is 153 Å². The van der Waals surface area contributed by atoms with Crippen LogP contribution in [0.3, 0.4) is 0 Å². The Morgan fingerprint density at radius 1 is 0.687 bits per heavy atom. The molecule has 2 rings (SSSR count). The molecule has 0 radical (unpaired) electrons. The second-order valence-electron chi connectivity index (χ2n) is 11.7. The molecule has 0 aliphatic carbocycles. The van der Waals surface area contributed by atoms with E-state index in [0.29, 0.717) is 0 Å². The second-order valence-corrected chi connectivity index (χ2v) is 11.7. The van der Waals surface area contributed by atoms with Crippen LogP contribution >= 0.6 is 0 Å². The average molecular weight is 1010 g/mol. The van der Waals surface area contributed by atoms with Crippen molar-refractivity contribution in [3.8, 4) is 6.07 Å². The van der Waals surface area contributed by atoms with Crippen molar-refractivity contribution in [1.82, 2.24) is 5.32 Å². The van der Waals surface area contributed by atoms with E-state index in [4.69, 9.17) is 124 Å². The number of nitriles is 1. The molecule has 0 heterocycles. The summed E-state index contributed by atoms with van der Waals surface area (Å²) in [5.74, 6) is -5.92. The maximum atomic E-state index is 11.9. The van der Waals surface area contributed by atoms with E-state index < -0.39 is 223 Å². The van der Waals surface area contributed by atoms with Crippen LogP contribution in [0.1, 0.15) is 221 Å². The molecule has 0 spiro atoms. The van der Waals surface area contributed by atoms with E-state index in [2.05, 4.69) is 5.32 Å². The van der Waals surface area contributed by atoms with Gasteiger partial charge in [0.05, 0.1) is 11.5 Å². The van der Waals surface area contributed by atoms with E-state index in [-0.39, 0.29) is 40.6 Å². The number of primary amides is 2. The van der Waals surface area contributed by atoms with E-state index in [9.17, 15) is 34.0 Å². The number of amides is 2. The molecule has 18 heteroatoms. The van der Waals surface area contributed by atoms with Crippen molar-refractivity contribution in [3.63, 3.8) is 0 Å². The largest absolute Gasteiger partial charge is 1.00 e. The number of nitrogens with zero attached hydrogens (tertiary/aromatic N) is 2. The zero-order valence-corrected chi connectivity index (χ0v) is 36.9. The molecule has 14 N–H and O–H groups in total. The van der Waals surface area contributed by atoms with Gasteiger partial charge in [-0.1, -0.05) is 163 Å². The van der Waals surface area contributed by atoms with Crippen LogP contribution in [-0.2, 0) is 28.8 Å². The molecule has 67 heavy (non-hydrogen) atoms. The number of hydrogen-bond donors (Lipinski definition) is 8. The number of carboxylic acids is 2. The number of benzene rings is 2. The number of carbonyl (C=O) groups is 6. The summed E-state index contributed by atoms with van der Waals surface area (Å²) in [5.41, 5.74) is 1.33. The van der Waals surface area contributed by atoms with E-state index in [0.717, 1.165) is 5.56 Å². The van der Waals surface area contributed by atoms with Gasteiger partial charge in [0.25, 0.3) is 0 Å². The number of aliphatic carboxylic acids is 2. The number of nitrogens with two attached hydrogens (primary N) is 4. The molecule has 4 atom stereocenters. The first-order valence-electron chi connectivity index (χ1n) is 43.1. The number of hydrogen-bond acceptors (Lipinski definition) is 12. The number of aldehydes is 2. The fraction of sp³-hybridized carbons (Fsp3) is 0.592. The molecule has 0 aromatic heterocycles. The molecule has 378 valence electrons. The van der Waals surface area contributed by atoms with Gasteiger partial charge in [-0.15, -0.1) is 0 Å². The van der Waals surface area contributed by atoms with Gasteiger partial charge < -0.3 is 65.2 Å². The molecular formula is C49H86N7NaO10. The maximum Gasteiger partial charge on any atom is 1.00 e. The van der Waals surface area contributed by atoms with Crippen molar-refractivity contribution in [3.05, 3.63) is 78.4 Å². The fourth-order valence-corrected chi connectivity index (χ4v) is 2.42. The third kappa shape index (κ3) is 52.3. The van der Waals surface area contributed by atoms with Gasteiger partial charge in [0.2, 0.25) is 11.8 Å². The van der Waals surface area contributed by atoms with E-state index >= 15 is 0 Å². The van der Waals surface area contributed by atoms with Crippen LogP contribution in [0.4, 0.5) is 0 Å². The van der Waals surface area contributed by atoms with Gasteiger partial charge in [0.1, 0.15) is 36.7 Å². The van der Waals surface area contributed by atoms with Gasteiger partial charge in [-0.3, -0.25) is 24.5 Å². The Balaban J connectivity index is -0.000000207. The summed E-state index contributed by atoms with van der Waals surface area (Å²) in [5, 5.41) is 44.4. The smallest absolute Gasteiger partial charge is 0.512 e. The number of rotatable bonds is 7. The monoisotopic (exact) mass is 1010 g/mol. The first-order chi connectivity index (χ1) is 51.6. The summed E-state index contributed by atoms with van der Waals surface area (Å²) < 4.78 is 383. The molecule has 0 saturated heterocycles. The standard InChI is InChI=1S/C14H19N3O.C8H10N2O.C6H13NO2.C5H10O2.C5H12O.2C5H10O.CN.Na.H2O/c1-14(2,3)11(9-15)17-12(13(16)18)10-7-5-4-6-8-10;9-7(8(10)11)6-4-2-1-3-5-6;1-6(2,3)4(7)5(8)9;1-5(2,3)4(6)7;3*1-5(2,3)4-6;1-2;;/h4-8,11-12,17H,1-3H3,(H2,16,18);1-5,7H,9H2,(H2,10,11);4H,7H2,1-3H3,(H,8,9);1-3H3,(H,6,7);6H,4H2,1-3H3;2*4H,1-3H3;;;1H2/q;;;;;;;-1;+1;/t11-,12-;7-;4-;;;;;;;/m111......./s1/i1D3,2D3,3D3;;5*1D3,2D3,3D3;;;. The van der Waals surface area contributed by atoms with Crippen LogP contribution in [0.2, 0.25) is 0 Å². The van der Waals surface area contributed by atoms with Gasteiger partial charge in [0.15, 0.2) is 0 Å². The number of nitrogens with one attached hydrogen (secondary N) is 1. The van der Waals surface area contributed by atoms with Gasteiger partial charge >= 0.3 is 41.5 Å². The molecule has 2 amide bonds. The van der Waals surface area contributed by atoms with Crippen molar-refractivity contribution in [1.29, 1.82) is 10.5 Å². The normalized spacial score (nSPS) is 27.6. The van der Waals surface area contributed by atoms with E-state index in [1.54, 1.807) is 30.3 Å². The SMILES string of the molecule is NC(=O)[C@H](N)c1ccccc1.O.[2H]C([2H])([2H])C(C(=O)O)(C([2H])([2H])[2H])C([2H])([2H])[2H].[2H]C([2H])([2H])C(C=O)(C([2H])([2H])[2H])C([2H])([2H])[2H].[2H]C([2H])([2H])C(C=O)(C([2H])([2H])[2H])C([2H])([2H])[2H].[2H]C([2H])([2H])C(CO)(C([2H])([2H])[2H])C([2H])([2H])[2H].[2H]C([2H])([2H])C([C@@H](C#N)N[C@@H](C(N)=O)c1ccccc1)(C([2H])([2H])[2H])C([2H])([2H])[2H].[2H]C([2H])([2H])C([C@H](N)C(=O)O)(C([2H])([2H])[2H])C([2H])([2H])[2H].[C-]#N.[Na+]. The topological polar surface area (TPSA) is 358 Å². The summed E-state index contributed by atoms with van der Waals surface area (Å²) in [6.45, 7) is -59.6. The first-order valence-corrected chi connectivity index (χ1v) is 16.1. The number of aliphatic hydroxyl groups is 1. The predicted molar refractivity (Wildman–Crippen MR) is 261 cm³/mol. The van der Waals surface area contributed by atoms with Crippen LogP contribution < -0.4 is 57.8 Å². The van der Waals surface area contributed by atoms with Gasteiger partial charge in [-0.2, -0.15) is 5.26 Å². The Kier molecular flexibility index (Phi) is 11.5. The zero-order valence-electron chi connectivity index (χ0n) is 88.9. The van der Waals surface area contributed by atoms with Crippen molar-refractivity contribution in [2.45, 2.75) is 148 Å². The van der Waals surface area contributed by atoms with Crippen LogP contribution in [0.25, 0.3) is 0 Å². The summed E-state index contributed by atoms with van der Waals surface area (Å²) in [6.07, 6.45) is -1.00. The van der Waals surface area contributed by atoms with E-state index in [1.165, 1.54) is 18.2 Å². The molecule has 0 bridgehead atoms. The van der Waals surface area contributed by atoms with Crippen LogP contribution in [0.15, 0.2) is 60.7 Å². The van der Waals surface area contributed by atoms with E-state index in [1.807, 2.05) is 18.2 Å². The Bertz CT molecular complexity index is 3350. The Hall–Kier alpha value is -4.56. The summed E-state index contributed by atoms with van der Waals surface area (Å²) in [4.78, 5) is 65.5. The van der Waals surface area contributed by atoms with Crippen molar-refractivity contribution in [2.24, 2.45) is 55.4 Å². The molecule has 0 fully saturated rings. The molecular weight excluding hydrogens is 870 g/mol. The minimum atomic E-state index is -3.77. The second kappa shape index (κ2) is 38.4. The third-order valence-corrected chi connectivity index (χ3v) is 5.42. The summed E-state index contributed by atoms with van der Waals surface area (Å²) >= 11 is 0. The predicted octanol–water partition coefficient (Wildman–Crippen LogP) is 3.24. The quantitative estimate of drug-likeness (QED) is 0.112. The number of carboxylic acid groups (broad SMARTS) is 2. The van der Waals surface area contributed by atoms with Crippen LogP contribution in [0, 0.1) is 55.7 Å². The fourth-order valence-electron chi connectivity index (χ4n) is 2.42. The summed E-state index contributed by atoms with van der Waals surface area (Å²) in [6, 6.07) is 11.1. The first kappa shape index (κ1) is 20.0.